The van der Waals surface area contributed by atoms with Crippen LogP contribution in [0.1, 0.15) is 12.8 Å². The zero-order valence-corrected chi connectivity index (χ0v) is 18.9. The Morgan fingerprint density at radius 3 is 2.73 bits per heavy atom. The molecule has 0 bridgehead atoms. The number of carbonyl (C=O) groups excluding carboxylic acids is 1. The van der Waals surface area contributed by atoms with Crippen molar-refractivity contribution in [2.75, 3.05) is 44.2 Å². The van der Waals surface area contributed by atoms with Crippen LogP contribution >= 0.6 is 11.6 Å². The molecule has 3 heterocycles. The van der Waals surface area contributed by atoms with Crippen molar-refractivity contribution < 1.29 is 13.2 Å². The second-order valence-corrected chi connectivity index (χ2v) is 9.65. The number of hydrogen-bond acceptors (Lipinski definition) is 8. The number of aromatic nitrogens is 4. The molecule has 30 heavy (non-hydrogen) atoms. The number of nitrogens with zero attached hydrogens (tertiary/aromatic N) is 7. The van der Waals surface area contributed by atoms with Crippen molar-refractivity contribution in [3.63, 3.8) is 0 Å². The van der Waals surface area contributed by atoms with Crippen LogP contribution in [0.4, 0.5) is 17.5 Å². The number of amides is 1. The Bertz CT molecular complexity index is 1030. The van der Waals surface area contributed by atoms with E-state index in [1.165, 1.54) is 26.3 Å². The lowest BCUT2D eigenvalue weighted by molar-refractivity contribution is -0.129. The van der Waals surface area contributed by atoms with Gasteiger partial charge in [-0.2, -0.15) is 14.4 Å². The maximum absolute atomic E-state index is 12.1. The lowest BCUT2D eigenvalue weighted by Crippen LogP contribution is -2.45. The molecule has 13 heteroatoms. The number of sulfonamides is 1. The van der Waals surface area contributed by atoms with Crippen molar-refractivity contribution in [3.8, 4) is 0 Å². The maximum atomic E-state index is 12.1. The number of likely N-dealkylation sites (N-methyl/N-ethyl adjacent to an activating group) is 1. The molecule has 3 rings (SSSR count). The quantitative estimate of drug-likeness (QED) is 0.655. The van der Waals surface area contributed by atoms with Crippen LogP contribution in [-0.4, -0.2) is 83.4 Å². The van der Waals surface area contributed by atoms with Gasteiger partial charge >= 0.3 is 0 Å². The number of anilines is 3. The molecule has 11 nitrogen and oxygen atoms in total. The summed E-state index contributed by atoms with van der Waals surface area (Å²) in [5.74, 6) is 0.622. The molecular weight excluding hydrogens is 432 g/mol. The van der Waals surface area contributed by atoms with Gasteiger partial charge in [-0.25, -0.2) is 13.4 Å². The van der Waals surface area contributed by atoms with E-state index in [2.05, 4.69) is 20.4 Å². The monoisotopic (exact) mass is 456 g/mol. The Kier molecular flexibility index (Phi) is 6.48. The molecule has 1 fully saturated rings. The Morgan fingerprint density at radius 1 is 1.33 bits per heavy atom. The zero-order chi connectivity index (χ0) is 22.1. The third-order valence-corrected chi connectivity index (χ3v) is 6.34. The number of nitrogens with one attached hydrogen (secondary N) is 1. The summed E-state index contributed by atoms with van der Waals surface area (Å²) in [5.41, 5.74) is 0.608. The van der Waals surface area contributed by atoms with Gasteiger partial charge in [-0.3, -0.25) is 9.48 Å². The van der Waals surface area contributed by atoms with Gasteiger partial charge in [0.1, 0.15) is 11.6 Å². The van der Waals surface area contributed by atoms with Gasteiger partial charge in [0.15, 0.2) is 5.82 Å². The predicted octanol–water partition coefficient (Wildman–Crippen LogP) is 0.976. The molecule has 0 aliphatic carbocycles. The summed E-state index contributed by atoms with van der Waals surface area (Å²) in [7, 11) is 1.78. The van der Waals surface area contributed by atoms with Gasteiger partial charge < -0.3 is 15.1 Å². The molecule has 1 aliphatic heterocycles. The van der Waals surface area contributed by atoms with Crippen LogP contribution in [0.3, 0.4) is 0 Å². The van der Waals surface area contributed by atoms with E-state index in [9.17, 15) is 13.2 Å². The number of carbonyl (C=O) groups is 1. The third kappa shape index (κ3) is 4.99. The molecule has 1 atom stereocenters. The average molecular weight is 457 g/mol. The highest BCUT2D eigenvalue weighted by molar-refractivity contribution is 7.88. The number of rotatable bonds is 7. The van der Waals surface area contributed by atoms with E-state index in [4.69, 9.17) is 11.6 Å². The summed E-state index contributed by atoms with van der Waals surface area (Å²) < 4.78 is 27.1. The van der Waals surface area contributed by atoms with Crippen LogP contribution in [-0.2, 0) is 21.4 Å². The van der Waals surface area contributed by atoms with Crippen LogP contribution < -0.4 is 10.2 Å². The Hall–Kier alpha value is -2.44. The molecule has 0 spiro atoms. The molecule has 1 amide bonds. The van der Waals surface area contributed by atoms with Gasteiger partial charge in [0.2, 0.25) is 21.9 Å². The van der Waals surface area contributed by atoms with E-state index >= 15 is 0 Å². The van der Waals surface area contributed by atoms with Crippen LogP contribution in [0.25, 0.3) is 0 Å². The molecule has 1 N–H and O–H groups in total. The van der Waals surface area contributed by atoms with E-state index in [1.54, 1.807) is 38.4 Å². The SMILES string of the molecule is CN(C)C(=O)Cn1cc(Nc2ncc(Cl)c(N(C)[C@H]3CCCN3S(C)(=O)=O)n2)cn1. The number of hydrogen-bond donors (Lipinski definition) is 1. The molecule has 0 radical (unpaired) electrons. The standard InChI is InChI=1S/C17H25ClN8O3S/c1-23(2)15(27)11-25-10-12(8-20-25)21-17-19-9-13(18)16(22-17)24(3)14-6-5-7-26(14)30(4,28)29/h8-10,14H,5-7,11H2,1-4H3,(H,19,21,22)/t14-/m1/s1. The van der Waals surface area contributed by atoms with E-state index in [0.717, 1.165) is 6.42 Å². The largest absolute Gasteiger partial charge is 0.347 e. The van der Waals surface area contributed by atoms with E-state index in [-0.39, 0.29) is 24.6 Å². The van der Waals surface area contributed by atoms with Gasteiger partial charge in [-0.1, -0.05) is 11.6 Å². The minimum absolute atomic E-state index is 0.0803. The summed E-state index contributed by atoms with van der Waals surface area (Å²) in [6.07, 6.45) is 6.98. The van der Waals surface area contributed by atoms with Crippen LogP contribution in [0.15, 0.2) is 18.6 Å². The first-order valence-corrected chi connectivity index (χ1v) is 11.5. The summed E-state index contributed by atoms with van der Waals surface area (Å²) >= 11 is 6.30. The lowest BCUT2D eigenvalue weighted by Gasteiger charge is -2.32. The van der Waals surface area contributed by atoms with Crippen molar-refractivity contribution in [2.45, 2.75) is 25.6 Å². The summed E-state index contributed by atoms with van der Waals surface area (Å²) in [4.78, 5) is 23.7. The summed E-state index contributed by atoms with van der Waals surface area (Å²) in [6, 6.07) is 0. The first-order chi connectivity index (χ1) is 14.1. The smallest absolute Gasteiger partial charge is 0.243 e. The molecule has 1 aliphatic rings. The van der Waals surface area contributed by atoms with Gasteiger partial charge in [0, 0.05) is 33.9 Å². The fourth-order valence-corrected chi connectivity index (χ4v) is 4.60. The fourth-order valence-electron chi connectivity index (χ4n) is 3.23. The minimum Gasteiger partial charge on any atom is -0.347 e. The van der Waals surface area contributed by atoms with Crippen LogP contribution in [0, 0.1) is 0 Å². The second kappa shape index (κ2) is 8.74. The normalized spacial score (nSPS) is 17.2. The van der Waals surface area contributed by atoms with Crippen LogP contribution in [0.2, 0.25) is 5.02 Å². The highest BCUT2D eigenvalue weighted by atomic mass is 35.5. The highest BCUT2D eigenvalue weighted by Gasteiger charge is 2.35. The van der Waals surface area contributed by atoms with Crippen molar-refractivity contribution in [2.24, 2.45) is 0 Å². The van der Waals surface area contributed by atoms with Gasteiger partial charge in [-0.05, 0) is 12.8 Å². The zero-order valence-electron chi connectivity index (χ0n) is 17.3. The average Bonchev–Trinajstić information content (AvgIpc) is 3.32. The summed E-state index contributed by atoms with van der Waals surface area (Å²) in [5, 5.41) is 7.50. The maximum Gasteiger partial charge on any atom is 0.243 e. The van der Waals surface area contributed by atoms with Gasteiger partial charge in [0.25, 0.3) is 0 Å². The summed E-state index contributed by atoms with van der Waals surface area (Å²) in [6.45, 7) is 0.583. The van der Waals surface area contributed by atoms with Gasteiger partial charge in [-0.15, -0.1) is 0 Å². The second-order valence-electron chi connectivity index (χ2n) is 7.31. The topological polar surface area (TPSA) is 117 Å². The molecule has 0 unspecified atom stereocenters. The third-order valence-electron chi connectivity index (χ3n) is 4.79. The van der Waals surface area contributed by atoms with Crippen LogP contribution in [0.5, 0.6) is 0 Å². The van der Waals surface area contributed by atoms with Crippen molar-refractivity contribution in [1.29, 1.82) is 0 Å². The number of halogens is 1. The van der Waals surface area contributed by atoms with Crippen molar-refractivity contribution in [1.82, 2.24) is 29.0 Å². The lowest BCUT2D eigenvalue weighted by atomic mass is 10.3. The van der Waals surface area contributed by atoms with Crippen molar-refractivity contribution in [3.05, 3.63) is 23.6 Å². The Morgan fingerprint density at radius 2 is 2.07 bits per heavy atom. The Labute approximate surface area is 180 Å². The van der Waals surface area contributed by atoms with Gasteiger partial charge in [0.05, 0.1) is 30.5 Å². The van der Waals surface area contributed by atoms with Crippen molar-refractivity contribution >= 4 is 45.0 Å². The predicted molar refractivity (Wildman–Crippen MR) is 114 cm³/mol. The minimum atomic E-state index is -3.34. The fraction of sp³-hybridized carbons (Fsp3) is 0.529. The molecule has 1 saturated heterocycles. The van der Waals surface area contributed by atoms with E-state index in [1.807, 2.05) is 0 Å². The first kappa shape index (κ1) is 22.2. The molecule has 164 valence electrons. The molecular formula is C17H25ClN8O3S. The molecule has 2 aromatic heterocycles. The highest BCUT2D eigenvalue weighted by Crippen LogP contribution is 2.30. The van der Waals surface area contributed by atoms with E-state index < -0.39 is 10.0 Å². The Balaban J connectivity index is 1.77. The molecule has 0 saturated carbocycles. The first-order valence-electron chi connectivity index (χ1n) is 9.28. The molecule has 0 aromatic carbocycles. The molecule has 2 aromatic rings. The van der Waals surface area contributed by atoms with E-state index in [0.29, 0.717) is 29.5 Å².